The Morgan fingerprint density at radius 3 is 1.98 bits per heavy atom. The Balaban J connectivity index is 1.09. The predicted molar refractivity (Wildman–Crippen MR) is 213 cm³/mol. The van der Waals surface area contributed by atoms with Gasteiger partial charge in [-0.2, -0.15) is 0 Å². The molecular formula is C45H31N3O2S. The summed E-state index contributed by atoms with van der Waals surface area (Å²) in [6.45, 7) is 0. The van der Waals surface area contributed by atoms with Crippen LogP contribution in [0.3, 0.4) is 0 Å². The molecule has 3 aromatic heterocycles. The standard InChI is InChI=1S/C45H31N3O2S/c46-44(35-19-9-17-33-31-14-5-7-22-39(31)50-42(33)35)48-45(47-26-27-11-2-1-3-12-27)36-20-10-18-34-37-25-28(23-24-40(37)51-43(34)36)29-15-8-16-32-30-13-4-6-21-38(30)49-41(29)32/h1-26,44-45,48H,46H2/b47-26+. The fourth-order valence-electron chi connectivity index (χ4n) is 7.36. The Hall–Kier alpha value is -6.05. The van der Waals surface area contributed by atoms with Crippen LogP contribution in [0, 0.1) is 0 Å². The van der Waals surface area contributed by atoms with E-state index in [0.717, 1.165) is 71.7 Å². The van der Waals surface area contributed by atoms with Crippen molar-refractivity contribution < 1.29 is 8.83 Å². The number of aliphatic imine (C=N–C) groups is 1. The number of nitrogens with one attached hydrogen (secondary N) is 1. The Kier molecular flexibility index (Phi) is 7.06. The lowest BCUT2D eigenvalue weighted by molar-refractivity contribution is 0.467. The van der Waals surface area contributed by atoms with Gasteiger partial charge in [-0.1, -0.05) is 127 Å². The van der Waals surface area contributed by atoms with Gasteiger partial charge in [0.1, 0.15) is 28.5 Å². The maximum atomic E-state index is 7.02. The highest BCUT2D eigenvalue weighted by Crippen LogP contribution is 2.42. The van der Waals surface area contributed by atoms with E-state index in [-0.39, 0.29) is 0 Å². The smallest absolute Gasteiger partial charge is 0.143 e. The lowest BCUT2D eigenvalue weighted by Gasteiger charge is -2.22. The molecule has 2 unspecified atom stereocenters. The lowest BCUT2D eigenvalue weighted by Crippen LogP contribution is -2.31. The minimum Gasteiger partial charge on any atom is -0.456 e. The first-order valence-corrected chi connectivity index (χ1v) is 17.9. The molecule has 0 saturated carbocycles. The molecule has 0 saturated heterocycles. The summed E-state index contributed by atoms with van der Waals surface area (Å²) in [7, 11) is 0. The van der Waals surface area contributed by atoms with Crippen LogP contribution in [0.1, 0.15) is 29.0 Å². The van der Waals surface area contributed by atoms with Gasteiger partial charge in [0.05, 0.1) is 6.17 Å². The molecule has 6 heteroatoms. The van der Waals surface area contributed by atoms with Crippen LogP contribution < -0.4 is 11.1 Å². The monoisotopic (exact) mass is 677 g/mol. The van der Waals surface area contributed by atoms with Crippen molar-refractivity contribution in [2.45, 2.75) is 12.3 Å². The van der Waals surface area contributed by atoms with Gasteiger partial charge in [-0.15, -0.1) is 11.3 Å². The maximum absolute atomic E-state index is 7.02. The van der Waals surface area contributed by atoms with E-state index >= 15 is 0 Å². The van der Waals surface area contributed by atoms with Gasteiger partial charge in [0.15, 0.2) is 0 Å². The SMILES string of the molecule is NC(NC(/N=C/c1ccccc1)c1cccc2c1sc1ccc(-c3cccc4c3oc3ccccc34)cc12)c1cccc2c1oc1ccccc12. The van der Waals surface area contributed by atoms with Gasteiger partial charge in [0, 0.05) is 64.6 Å². The van der Waals surface area contributed by atoms with Gasteiger partial charge in [-0.25, -0.2) is 0 Å². The second kappa shape index (κ2) is 12.1. The van der Waals surface area contributed by atoms with E-state index < -0.39 is 12.3 Å². The van der Waals surface area contributed by atoms with Crippen molar-refractivity contribution in [2.75, 3.05) is 0 Å². The van der Waals surface area contributed by atoms with Crippen molar-refractivity contribution in [1.82, 2.24) is 5.32 Å². The molecule has 3 heterocycles. The van der Waals surface area contributed by atoms with E-state index in [1.165, 1.54) is 20.2 Å². The van der Waals surface area contributed by atoms with Crippen molar-refractivity contribution in [3.63, 3.8) is 0 Å². The van der Waals surface area contributed by atoms with Crippen LogP contribution in [-0.4, -0.2) is 6.21 Å². The number of fused-ring (bicyclic) bond motifs is 9. The van der Waals surface area contributed by atoms with E-state index in [0.29, 0.717) is 0 Å². The Morgan fingerprint density at radius 2 is 1.20 bits per heavy atom. The number of furan rings is 2. The molecule has 5 nitrogen and oxygen atoms in total. The number of thiophene rings is 1. The molecule has 10 aromatic rings. The van der Waals surface area contributed by atoms with E-state index in [1.54, 1.807) is 11.3 Å². The molecule has 244 valence electrons. The summed E-state index contributed by atoms with van der Waals surface area (Å²) >= 11 is 1.78. The van der Waals surface area contributed by atoms with Crippen LogP contribution in [0.5, 0.6) is 0 Å². The molecule has 3 N–H and O–H groups in total. The minimum atomic E-state index is -0.548. The zero-order valence-electron chi connectivity index (χ0n) is 27.4. The molecular weight excluding hydrogens is 647 g/mol. The average molecular weight is 678 g/mol. The number of hydrogen-bond donors (Lipinski definition) is 2. The third kappa shape index (κ3) is 5.03. The first-order valence-electron chi connectivity index (χ1n) is 17.1. The zero-order chi connectivity index (χ0) is 33.9. The Morgan fingerprint density at radius 1 is 0.569 bits per heavy atom. The summed E-state index contributed by atoms with van der Waals surface area (Å²) in [6.07, 6.45) is 0.942. The molecule has 10 rings (SSSR count). The minimum absolute atomic E-state index is 0.430. The van der Waals surface area contributed by atoms with E-state index in [9.17, 15) is 0 Å². The molecule has 7 aromatic carbocycles. The molecule has 0 fully saturated rings. The highest BCUT2D eigenvalue weighted by Gasteiger charge is 2.22. The summed E-state index contributed by atoms with van der Waals surface area (Å²) < 4.78 is 15.1. The van der Waals surface area contributed by atoms with Crippen LogP contribution in [-0.2, 0) is 0 Å². The van der Waals surface area contributed by atoms with Crippen molar-refractivity contribution in [1.29, 1.82) is 0 Å². The van der Waals surface area contributed by atoms with Crippen LogP contribution in [0.25, 0.3) is 75.2 Å². The normalized spacial score (nSPS) is 13.4. The van der Waals surface area contributed by atoms with Crippen molar-refractivity contribution in [3.05, 3.63) is 168 Å². The van der Waals surface area contributed by atoms with Crippen LogP contribution in [0.4, 0.5) is 0 Å². The van der Waals surface area contributed by atoms with Crippen molar-refractivity contribution in [2.24, 2.45) is 10.7 Å². The van der Waals surface area contributed by atoms with Gasteiger partial charge in [-0.3, -0.25) is 10.3 Å². The molecule has 0 aliphatic carbocycles. The summed E-state index contributed by atoms with van der Waals surface area (Å²) in [6, 6.07) is 52.3. The largest absolute Gasteiger partial charge is 0.456 e. The van der Waals surface area contributed by atoms with Gasteiger partial charge in [0.25, 0.3) is 0 Å². The van der Waals surface area contributed by atoms with Gasteiger partial charge >= 0.3 is 0 Å². The topological polar surface area (TPSA) is 76.7 Å². The summed E-state index contributed by atoms with van der Waals surface area (Å²) in [5, 5.41) is 10.4. The quantitative estimate of drug-likeness (QED) is 0.130. The molecule has 51 heavy (non-hydrogen) atoms. The summed E-state index contributed by atoms with van der Waals surface area (Å²) in [5.41, 5.74) is 15.6. The third-order valence-electron chi connectivity index (χ3n) is 9.82. The number of rotatable bonds is 7. The number of para-hydroxylation sites is 4. The first-order chi connectivity index (χ1) is 25.2. The molecule has 0 radical (unpaired) electrons. The van der Waals surface area contributed by atoms with Crippen LogP contribution in [0.15, 0.2) is 165 Å². The zero-order valence-corrected chi connectivity index (χ0v) is 28.2. The molecule has 0 spiro atoms. The van der Waals surface area contributed by atoms with E-state index in [1.807, 2.05) is 66.9 Å². The molecule has 2 atom stereocenters. The fraction of sp³-hybridized carbons (Fsp3) is 0.0444. The van der Waals surface area contributed by atoms with Crippen LogP contribution >= 0.6 is 11.3 Å². The Labute approximate surface area is 297 Å². The Bertz CT molecular complexity index is 2940. The summed E-state index contributed by atoms with van der Waals surface area (Å²) in [5.74, 6) is 0. The van der Waals surface area contributed by atoms with Crippen molar-refractivity contribution in [3.8, 4) is 11.1 Å². The second-order valence-electron chi connectivity index (χ2n) is 12.9. The molecule has 0 aliphatic heterocycles. The molecule has 0 aliphatic rings. The van der Waals surface area contributed by atoms with Crippen LogP contribution in [0.2, 0.25) is 0 Å². The van der Waals surface area contributed by atoms with E-state index in [2.05, 4.69) is 96.3 Å². The van der Waals surface area contributed by atoms with Crippen molar-refractivity contribution >= 4 is 81.6 Å². The maximum Gasteiger partial charge on any atom is 0.143 e. The number of benzene rings is 7. The van der Waals surface area contributed by atoms with Gasteiger partial charge < -0.3 is 14.6 Å². The summed E-state index contributed by atoms with van der Waals surface area (Å²) in [4.78, 5) is 5.14. The third-order valence-corrected chi connectivity index (χ3v) is 11.1. The highest BCUT2D eigenvalue weighted by molar-refractivity contribution is 7.26. The second-order valence-corrected chi connectivity index (χ2v) is 13.9. The van der Waals surface area contributed by atoms with Gasteiger partial charge in [-0.05, 0) is 35.4 Å². The molecule has 0 amide bonds. The van der Waals surface area contributed by atoms with E-state index in [4.69, 9.17) is 19.6 Å². The first kappa shape index (κ1) is 29.8. The number of hydrogen-bond acceptors (Lipinski definition) is 6. The van der Waals surface area contributed by atoms with Gasteiger partial charge in [0.2, 0.25) is 0 Å². The molecule has 0 bridgehead atoms. The number of nitrogens with two attached hydrogens (primary N) is 1. The fourth-order valence-corrected chi connectivity index (χ4v) is 8.58. The predicted octanol–water partition coefficient (Wildman–Crippen LogP) is 11.9. The lowest BCUT2D eigenvalue weighted by atomic mass is 9.99. The highest BCUT2D eigenvalue weighted by atomic mass is 32.1. The number of nitrogens with zero attached hydrogens (tertiary/aromatic N) is 1. The average Bonchev–Trinajstić information content (AvgIpc) is 3.88.